The van der Waals surface area contributed by atoms with Crippen LogP contribution in [0.5, 0.6) is 0 Å². The summed E-state index contributed by atoms with van der Waals surface area (Å²) in [5, 5.41) is 30.8. The Morgan fingerprint density at radius 1 is 1.09 bits per heavy atom. The molecule has 4 aliphatic carbocycles. The summed E-state index contributed by atoms with van der Waals surface area (Å²) in [6, 6.07) is 0. The second-order valence-corrected chi connectivity index (χ2v) is 12.4. The van der Waals surface area contributed by atoms with Crippen molar-refractivity contribution in [2.75, 3.05) is 0 Å². The molecule has 4 heteroatoms. The quantitative estimate of drug-likeness (QED) is 0.476. The molecule has 0 aromatic heterocycles. The highest BCUT2D eigenvalue weighted by Gasteiger charge is 2.54. The SMILES string of the molecule is CC(=O)C1([C@@H](O)C=CC(C)(C)[C@H]2CC[C@H]3C(=CC=C4C[C@@H](O)C[C@H](O)C4)CCC[C@]23C)CC1. The van der Waals surface area contributed by atoms with Crippen LogP contribution in [-0.2, 0) is 4.79 Å². The number of rotatable bonds is 6. The second-order valence-electron chi connectivity index (χ2n) is 12.4. The number of aliphatic hydroxyl groups is 3. The molecule has 0 radical (unpaired) electrons. The van der Waals surface area contributed by atoms with E-state index in [1.807, 2.05) is 6.08 Å². The lowest BCUT2D eigenvalue weighted by atomic mass is 9.57. The molecule has 0 aromatic rings. The minimum Gasteiger partial charge on any atom is -0.393 e. The zero-order valence-corrected chi connectivity index (χ0v) is 21.0. The maximum atomic E-state index is 12.0. The van der Waals surface area contributed by atoms with Crippen LogP contribution in [0.2, 0.25) is 0 Å². The first-order valence-electron chi connectivity index (χ1n) is 13.1. The largest absolute Gasteiger partial charge is 0.393 e. The summed E-state index contributed by atoms with van der Waals surface area (Å²) in [7, 11) is 0. The Balaban J connectivity index is 1.50. The van der Waals surface area contributed by atoms with Gasteiger partial charge < -0.3 is 15.3 Å². The molecule has 0 aliphatic heterocycles. The number of hydrogen-bond acceptors (Lipinski definition) is 4. The Morgan fingerprint density at radius 2 is 1.76 bits per heavy atom. The van der Waals surface area contributed by atoms with Crippen molar-refractivity contribution in [1.29, 1.82) is 0 Å². The van der Waals surface area contributed by atoms with E-state index in [9.17, 15) is 20.1 Å². The summed E-state index contributed by atoms with van der Waals surface area (Å²) >= 11 is 0. The van der Waals surface area contributed by atoms with Gasteiger partial charge in [-0.25, -0.2) is 0 Å². The van der Waals surface area contributed by atoms with Gasteiger partial charge in [-0.1, -0.05) is 56.2 Å². The van der Waals surface area contributed by atoms with Crippen molar-refractivity contribution in [3.8, 4) is 0 Å². The number of aliphatic hydroxyl groups excluding tert-OH is 3. The van der Waals surface area contributed by atoms with Crippen LogP contribution in [0.1, 0.15) is 91.9 Å². The fourth-order valence-electron chi connectivity index (χ4n) is 7.62. The van der Waals surface area contributed by atoms with Gasteiger partial charge in [0, 0.05) is 0 Å². The Hall–Kier alpha value is -1.23. The summed E-state index contributed by atoms with van der Waals surface area (Å²) < 4.78 is 0. The van der Waals surface area contributed by atoms with Gasteiger partial charge in [0.1, 0.15) is 5.78 Å². The molecule has 0 bridgehead atoms. The normalized spacial score (nSPS) is 38.4. The standard InChI is InChI=1S/C29H44O4/c1-19(30)29(14-15-29)26(33)11-13-27(2,3)25-10-9-24-21(6-5-12-28(24,25)4)8-7-20-16-22(31)18-23(32)17-20/h7-8,11,13,22-26,31-33H,5-6,9-10,12,14-18H2,1-4H3/t22-,23-,24+,25-,26+,28+/m1/s1. The lowest BCUT2D eigenvalue weighted by Gasteiger charge is -2.47. The molecule has 3 N–H and O–H groups in total. The van der Waals surface area contributed by atoms with Crippen molar-refractivity contribution in [2.24, 2.45) is 28.1 Å². The summed E-state index contributed by atoms with van der Waals surface area (Å²) in [5.74, 6) is 1.20. The maximum absolute atomic E-state index is 12.0. The number of allylic oxidation sites excluding steroid dienone is 4. The van der Waals surface area contributed by atoms with Crippen molar-refractivity contribution in [3.05, 3.63) is 35.5 Å². The van der Waals surface area contributed by atoms with Crippen LogP contribution in [-0.4, -0.2) is 39.4 Å². The van der Waals surface area contributed by atoms with Crippen molar-refractivity contribution >= 4 is 5.78 Å². The van der Waals surface area contributed by atoms with E-state index < -0.39 is 23.7 Å². The first-order chi connectivity index (χ1) is 15.5. The minimum atomic E-state index is -0.672. The predicted octanol–water partition coefficient (Wildman–Crippen LogP) is 5.27. The van der Waals surface area contributed by atoms with Gasteiger partial charge >= 0.3 is 0 Å². The van der Waals surface area contributed by atoms with Crippen LogP contribution in [0.4, 0.5) is 0 Å². The third-order valence-corrected chi connectivity index (χ3v) is 9.70. The number of Topliss-reactive ketones (excluding diaryl/α,β-unsaturated/α-hetero) is 1. The molecule has 0 aromatic carbocycles. The smallest absolute Gasteiger partial charge is 0.138 e. The van der Waals surface area contributed by atoms with Crippen LogP contribution in [0, 0.1) is 28.1 Å². The van der Waals surface area contributed by atoms with Crippen molar-refractivity contribution < 1.29 is 20.1 Å². The Labute approximate surface area is 199 Å². The molecule has 4 saturated carbocycles. The highest BCUT2D eigenvalue weighted by Crippen LogP contribution is 2.62. The van der Waals surface area contributed by atoms with Gasteiger partial charge in [0.05, 0.1) is 23.7 Å². The maximum Gasteiger partial charge on any atom is 0.138 e. The van der Waals surface area contributed by atoms with Gasteiger partial charge in [0.25, 0.3) is 0 Å². The summed E-state index contributed by atoms with van der Waals surface area (Å²) in [6.07, 6.45) is 16.4. The van der Waals surface area contributed by atoms with E-state index in [1.54, 1.807) is 6.92 Å². The van der Waals surface area contributed by atoms with Crippen LogP contribution in [0.3, 0.4) is 0 Å². The van der Waals surface area contributed by atoms with Crippen LogP contribution < -0.4 is 0 Å². The van der Waals surface area contributed by atoms with Crippen molar-refractivity contribution in [3.63, 3.8) is 0 Å². The van der Waals surface area contributed by atoms with Crippen molar-refractivity contribution in [2.45, 2.75) is 110 Å². The first kappa shape index (κ1) is 24.9. The Kier molecular flexibility index (Phi) is 6.85. The number of carbonyl (C=O) groups excluding carboxylic acids is 1. The van der Waals surface area contributed by atoms with E-state index in [-0.39, 0.29) is 16.6 Å². The predicted molar refractivity (Wildman–Crippen MR) is 131 cm³/mol. The molecule has 6 atom stereocenters. The van der Waals surface area contributed by atoms with Crippen LogP contribution in [0.25, 0.3) is 0 Å². The number of ketones is 1. The average molecular weight is 457 g/mol. The summed E-state index contributed by atoms with van der Waals surface area (Å²) in [4.78, 5) is 12.0. The Morgan fingerprint density at radius 3 is 2.36 bits per heavy atom. The molecule has 0 saturated heterocycles. The van der Waals surface area contributed by atoms with E-state index in [1.165, 1.54) is 31.3 Å². The van der Waals surface area contributed by atoms with Crippen LogP contribution in [0.15, 0.2) is 35.5 Å². The van der Waals surface area contributed by atoms with E-state index in [4.69, 9.17) is 0 Å². The molecule has 184 valence electrons. The molecule has 0 heterocycles. The molecule has 0 amide bonds. The van der Waals surface area contributed by atoms with E-state index >= 15 is 0 Å². The topological polar surface area (TPSA) is 77.8 Å². The van der Waals surface area contributed by atoms with E-state index in [0.29, 0.717) is 31.1 Å². The monoisotopic (exact) mass is 456 g/mol. The van der Waals surface area contributed by atoms with Crippen LogP contribution >= 0.6 is 0 Å². The minimum absolute atomic E-state index is 0.0458. The first-order valence-corrected chi connectivity index (χ1v) is 13.1. The molecule has 0 unspecified atom stereocenters. The fraction of sp³-hybridized carbons (Fsp3) is 0.759. The molecule has 0 spiro atoms. The molecule has 4 fully saturated rings. The molecule has 4 rings (SSSR count). The lowest BCUT2D eigenvalue weighted by molar-refractivity contribution is -0.124. The zero-order valence-electron chi connectivity index (χ0n) is 21.0. The number of carbonyl (C=O) groups is 1. The van der Waals surface area contributed by atoms with Gasteiger partial charge in [0.15, 0.2) is 0 Å². The lowest BCUT2D eigenvalue weighted by Crippen LogP contribution is -2.39. The van der Waals surface area contributed by atoms with E-state index in [2.05, 4.69) is 39.0 Å². The average Bonchev–Trinajstić information content (AvgIpc) is 3.46. The third kappa shape index (κ3) is 4.81. The van der Waals surface area contributed by atoms with Gasteiger partial charge in [0.2, 0.25) is 0 Å². The molecule has 4 nitrogen and oxygen atoms in total. The highest BCUT2D eigenvalue weighted by atomic mass is 16.3. The molecule has 33 heavy (non-hydrogen) atoms. The van der Waals surface area contributed by atoms with E-state index in [0.717, 1.165) is 24.8 Å². The number of fused-ring (bicyclic) bond motifs is 1. The summed E-state index contributed by atoms with van der Waals surface area (Å²) in [6.45, 7) is 8.67. The fourth-order valence-corrected chi connectivity index (χ4v) is 7.62. The highest BCUT2D eigenvalue weighted by molar-refractivity contribution is 5.86. The zero-order chi connectivity index (χ0) is 24.0. The Bertz CT molecular complexity index is 834. The second kappa shape index (κ2) is 9.09. The van der Waals surface area contributed by atoms with Crippen molar-refractivity contribution in [1.82, 2.24) is 0 Å². The molecular weight excluding hydrogens is 412 g/mol. The van der Waals surface area contributed by atoms with Gasteiger partial charge in [-0.3, -0.25) is 4.79 Å². The third-order valence-electron chi connectivity index (χ3n) is 9.70. The van der Waals surface area contributed by atoms with Gasteiger partial charge in [-0.05, 0) is 93.8 Å². The molecule has 4 aliphatic rings. The summed E-state index contributed by atoms with van der Waals surface area (Å²) in [5.41, 5.74) is 2.35. The van der Waals surface area contributed by atoms with Gasteiger partial charge in [-0.15, -0.1) is 0 Å². The molecular formula is C29H44O4. The number of hydrogen-bond donors (Lipinski definition) is 3. The van der Waals surface area contributed by atoms with Gasteiger partial charge in [-0.2, -0.15) is 0 Å².